The van der Waals surface area contributed by atoms with Gasteiger partial charge in [0.15, 0.2) is 9.84 Å². The van der Waals surface area contributed by atoms with Crippen LogP contribution in [0.4, 0.5) is 0 Å². The number of amides is 1. The Hall–Kier alpha value is -2.72. The quantitative estimate of drug-likeness (QED) is 0.399. The van der Waals surface area contributed by atoms with Crippen LogP contribution in [0.25, 0.3) is 0 Å². The van der Waals surface area contributed by atoms with E-state index in [0.717, 1.165) is 36.9 Å². The van der Waals surface area contributed by atoms with Crippen molar-refractivity contribution in [1.29, 1.82) is 0 Å². The zero-order valence-electron chi connectivity index (χ0n) is 21.4. The number of nitrogens with zero attached hydrogens (tertiary/aromatic N) is 2. The Balaban J connectivity index is 1.55. The number of fused-ring (bicyclic) bond motifs is 1. The van der Waals surface area contributed by atoms with Crippen LogP contribution < -0.4 is 5.32 Å². The first kappa shape index (κ1) is 27.9. The Morgan fingerprint density at radius 1 is 1.17 bits per heavy atom. The second-order valence-electron chi connectivity index (χ2n) is 9.13. The van der Waals surface area contributed by atoms with Crippen molar-refractivity contribution in [2.45, 2.75) is 76.0 Å². The van der Waals surface area contributed by atoms with Crippen LogP contribution in [0.5, 0.6) is 0 Å². The number of esters is 1. The number of carbonyl (C=O) groups is 2. The van der Waals surface area contributed by atoms with Gasteiger partial charge in [0.05, 0.1) is 28.0 Å². The third kappa shape index (κ3) is 6.94. The van der Waals surface area contributed by atoms with E-state index in [1.165, 1.54) is 24.3 Å². The Morgan fingerprint density at radius 2 is 1.89 bits per heavy atom. The molecule has 198 valence electrons. The van der Waals surface area contributed by atoms with Crippen molar-refractivity contribution in [3.63, 3.8) is 0 Å². The molecule has 0 bridgehead atoms. The fourth-order valence-electron chi connectivity index (χ4n) is 4.10. The predicted molar refractivity (Wildman–Crippen MR) is 136 cm³/mol. The van der Waals surface area contributed by atoms with Gasteiger partial charge in [-0.25, -0.2) is 13.2 Å². The molecule has 0 radical (unpaired) electrons. The topological polar surface area (TPSA) is 117 Å². The minimum Gasteiger partial charge on any atom is -0.462 e. The van der Waals surface area contributed by atoms with Crippen LogP contribution >= 0.6 is 0 Å². The highest BCUT2D eigenvalue weighted by Crippen LogP contribution is 2.20. The molecule has 1 aromatic carbocycles. The number of benzene rings is 1. The summed E-state index contributed by atoms with van der Waals surface area (Å²) in [5.74, 6) is -0.572. The number of nitrogens with one attached hydrogen (secondary N) is 1. The van der Waals surface area contributed by atoms with Gasteiger partial charge in [0.1, 0.15) is 5.69 Å². The molecule has 0 saturated heterocycles. The van der Waals surface area contributed by atoms with Gasteiger partial charge in [-0.15, -0.1) is 0 Å². The second kappa shape index (κ2) is 13.0. The summed E-state index contributed by atoms with van der Waals surface area (Å²) < 4.78 is 37.3. The van der Waals surface area contributed by atoms with E-state index in [1.807, 2.05) is 6.92 Å². The molecule has 1 N–H and O–H groups in total. The van der Waals surface area contributed by atoms with Crippen LogP contribution in [0.15, 0.2) is 29.2 Å². The van der Waals surface area contributed by atoms with Gasteiger partial charge in [-0.2, -0.15) is 5.10 Å². The van der Waals surface area contributed by atoms with Gasteiger partial charge in [-0.3, -0.25) is 9.48 Å². The van der Waals surface area contributed by atoms with Crippen LogP contribution in [0.3, 0.4) is 0 Å². The molecule has 0 aliphatic carbocycles. The molecule has 2 aromatic rings. The number of aromatic nitrogens is 2. The van der Waals surface area contributed by atoms with Crippen molar-refractivity contribution < 1.29 is 27.5 Å². The molecule has 0 spiro atoms. The lowest BCUT2D eigenvalue weighted by Gasteiger charge is -2.09. The van der Waals surface area contributed by atoms with E-state index in [9.17, 15) is 18.0 Å². The van der Waals surface area contributed by atoms with E-state index in [1.54, 1.807) is 18.5 Å². The van der Waals surface area contributed by atoms with Gasteiger partial charge in [0.25, 0.3) is 5.91 Å². The SMILES string of the molecule is CCn1nc(CCCCOC(=O)c2ccc(S(=O)(=O)C(C)C)cc2)c2c1C(=O)NCCCOCCC2. The third-order valence-corrected chi connectivity index (χ3v) is 8.37. The lowest BCUT2D eigenvalue weighted by Crippen LogP contribution is -2.28. The molecule has 1 amide bonds. The molecular formula is C26H37N3O6S. The molecule has 36 heavy (non-hydrogen) atoms. The highest BCUT2D eigenvalue weighted by Gasteiger charge is 2.23. The average Bonchev–Trinajstić information content (AvgIpc) is 3.20. The van der Waals surface area contributed by atoms with Gasteiger partial charge in [0.2, 0.25) is 0 Å². The first-order valence-corrected chi connectivity index (χ1v) is 14.3. The summed E-state index contributed by atoms with van der Waals surface area (Å²) in [7, 11) is -3.38. The Morgan fingerprint density at radius 3 is 2.58 bits per heavy atom. The van der Waals surface area contributed by atoms with Crippen molar-refractivity contribution in [2.75, 3.05) is 26.4 Å². The summed E-state index contributed by atoms with van der Waals surface area (Å²) >= 11 is 0. The number of aryl methyl sites for hydroxylation is 2. The van der Waals surface area contributed by atoms with Gasteiger partial charge in [0, 0.05) is 31.9 Å². The summed E-state index contributed by atoms with van der Waals surface area (Å²) in [5.41, 5.74) is 2.85. The molecule has 0 atom stereocenters. The van der Waals surface area contributed by atoms with E-state index in [4.69, 9.17) is 14.6 Å². The van der Waals surface area contributed by atoms with E-state index in [-0.39, 0.29) is 17.4 Å². The first-order chi connectivity index (χ1) is 17.3. The normalized spacial score (nSPS) is 15.2. The second-order valence-corrected chi connectivity index (χ2v) is 11.6. The third-order valence-electron chi connectivity index (χ3n) is 6.20. The highest BCUT2D eigenvalue weighted by molar-refractivity contribution is 7.92. The molecule has 1 aliphatic heterocycles. The minimum atomic E-state index is -3.38. The van der Waals surface area contributed by atoms with Crippen molar-refractivity contribution in [3.05, 3.63) is 46.8 Å². The lowest BCUT2D eigenvalue weighted by molar-refractivity contribution is 0.0498. The van der Waals surface area contributed by atoms with E-state index in [0.29, 0.717) is 50.4 Å². The number of sulfone groups is 1. The molecule has 0 fully saturated rings. The minimum absolute atomic E-state index is 0.0892. The summed E-state index contributed by atoms with van der Waals surface area (Å²) in [4.78, 5) is 25.4. The molecular weight excluding hydrogens is 482 g/mol. The van der Waals surface area contributed by atoms with Crippen molar-refractivity contribution >= 4 is 21.7 Å². The van der Waals surface area contributed by atoms with Crippen molar-refractivity contribution in [2.24, 2.45) is 0 Å². The Kier molecular flexibility index (Phi) is 10.1. The summed E-state index contributed by atoms with van der Waals surface area (Å²) in [6, 6.07) is 5.85. The van der Waals surface area contributed by atoms with E-state index in [2.05, 4.69) is 5.32 Å². The van der Waals surface area contributed by atoms with Crippen LogP contribution in [-0.4, -0.2) is 61.7 Å². The molecule has 1 aliphatic rings. The van der Waals surface area contributed by atoms with Crippen LogP contribution in [-0.2, 0) is 38.7 Å². The van der Waals surface area contributed by atoms with Crippen LogP contribution in [0.1, 0.15) is 78.6 Å². The molecule has 0 saturated carbocycles. The number of hydrogen-bond acceptors (Lipinski definition) is 7. The fraction of sp³-hybridized carbons (Fsp3) is 0.577. The van der Waals surface area contributed by atoms with Gasteiger partial charge in [-0.05, 0) is 83.6 Å². The standard InChI is InChI=1S/C26H37N3O6S/c1-4-29-24-22(9-7-16-34-17-8-15-27-25(24)30)23(28-29)10-5-6-18-35-26(31)20-11-13-21(14-12-20)36(32,33)19(2)3/h11-14,19H,4-10,15-18H2,1-3H3,(H,27,30). The van der Waals surface area contributed by atoms with Crippen LogP contribution in [0, 0.1) is 0 Å². The number of rotatable bonds is 9. The number of hydrogen-bond donors (Lipinski definition) is 1. The summed E-state index contributed by atoms with van der Waals surface area (Å²) in [6.45, 7) is 7.95. The monoisotopic (exact) mass is 519 g/mol. The number of ether oxygens (including phenoxy) is 2. The van der Waals surface area contributed by atoms with E-state index >= 15 is 0 Å². The smallest absolute Gasteiger partial charge is 0.338 e. The predicted octanol–water partition coefficient (Wildman–Crippen LogP) is 3.35. The highest BCUT2D eigenvalue weighted by atomic mass is 32.2. The first-order valence-electron chi connectivity index (χ1n) is 12.7. The molecule has 2 heterocycles. The average molecular weight is 520 g/mol. The molecule has 0 unspecified atom stereocenters. The Bertz CT molecular complexity index is 1140. The number of unbranched alkanes of at least 4 members (excludes halogenated alkanes) is 1. The van der Waals surface area contributed by atoms with Gasteiger partial charge in [-0.1, -0.05) is 0 Å². The van der Waals surface area contributed by atoms with Gasteiger partial charge < -0.3 is 14.8 Å². The van der Waals surface area contributed by atoms with Gasteiger partial charge >= 0.3 is 5.97 Å². The maximum atomic E-state index is 12.8. The zero-order chi connectivity index (χ0) is 26.1. The molecule has 10 heteroatoms. The van der Waals surface area contributed by atoms with Crippen molar-refractivity contribution in [3.8, 4) is 0 Å². The van der Waals surface area contributed by atoms with Crippen LogP contribution in [0.2, 0.25) is 0 Å². The summed E-state index contributed by atoms with van der Waals surface area (Å²) in [6.07, 6.45) is 4.43. The Labute approximate surface area is 213 Å². The maximum absolute atomic E-state index is 12.8. The largest absolute Gasteiger partial charge is 0.462 e. The lowest BCUT2D eigenvalue weighted by atomic mass is 10.0. The van der Waals surface area contributed by atoms with E-state index < -0.39 is 21.1 Å². The summed E-state index contributed by atoms with van der Waals surface area (Å²) in [5, 5.41) is 7.15. The molecule has 1 aromatic heterocycles. The maximum Gasteiger partial charge on any atom is 0.338 e. The van der Waals surface area contributed by atoms with Crippen molar-refractivity contribution in [1.82, 2.24) is 15.1 Å². The number of carbonyl (C=O) groups excluding carboxylic acids is 2. The molecule has 9 nitrogen and oxygen atoms in total. The fourth-order valence-corrected chi connectivity index (χ4v) is 5.16. The molecule has 3 rings (SSSR count). The zero-order valence-corrected chi connectivity index (χ0v) is 22.2.